The third-order valence-electron chi connectivity index (χ3n) is 7.26. The van der Waals surface area contributed by atoms with Crippen LogP contribution < -0.4 is 14.4 Å². The van der Waals surface area contributed by atoms with E-state index in [-0.39, 0.29) is 29.5 Å². The molecule has 0 bridgehead atoms. The Labute approximate surface area is 277 Å². The van der Waals surface area contributed by atoms with Crippen molar-refractivity contribution in [1.82, 2.24) is 10.2 Å². The molecule has 4 aromatic rings. The molecular weight excluding hydrogens is 622 g/mol. The molecule has 10 heteroatoms. The van der Waals surface area contributed by atoms with Crippen molar-refractivity contribution in [2.24, 2.45) is 0 Å². The van der Waals surface area contributed by atoms with Crippen molar-refractivity contribution < 1.29 is 22.7 Å². The number of rotatable bonds is 12. The van der Waals surface area contributed by atoms with Gasteiger partial charge in [0.15, 0.2) is 0 Å². The van der Waals surface area contributed by atoms with Gasteiger partial charge >= 0.3 is 0 Å². The van der Waals surface area contributed by atoms with E-state index in [0.717, 1.165) is 15.4 Å². The zero-order chi connectivity index (χ0) is 33.5. The smallest absolute Gasteiger partial charge is 0.264 e. The second kappa shape index (κ2) is 14.8. The number of methoxy groups -OCH3 is 1. The highest BCUT2D eigenvalue weighted by atomic mass is 35.5. The normalized spacial score (nSPS) is 12.2. The maximum Gasteiger partial charge on any atom is 0.264 e. The second-order valence-corrected chi connectivity index (χ2v) is 14.4. The molecule has 1 atom stereocenters. The Morgan fingerprint density at radius 1 is 0.870 bits per heavy atom. The van der Waals surface area contributed by atoms with Gasteiger partial charge in [-0.1, -0.05) is 71.8 Å². The quantitative estimate of drug-likeness (QED) is 0.189. The number of aryl methyl sites for hydroxylation is 1. The van der Waals surface area contributed by atoms with Gasteiger partial charge in [0.1, 0.15) is 18.3 Å². The highest BCUT2D eigenvalue weighted by Crippen LogP contribution is 2.27. The summed E-state index contributed by atoms with van der Waals surface area (Å²) in [7, 11) is -2.69. The lowest BCUT2D eigenvalue weighted by molar-refractivity contribution is -0.140. The number of hydrogen-bond donors (Lipinski definition) is 1. The van der Waals surface area contributed by atoms with Crippen LogP contribution in [0.2, 0.25) is 5.02 Å². The third-order valence-corrected chi connectivity index (χ3v) is 9.28. The van der Waals surface area contributed by atoms with Gasteiger partial charge in [-0.2, -0.15) is 0 Å². The van der Waals surface area contributed by atoms with E-state index in [1.165, 1.54) is 24.1 Å². The highest BCUT2D eigenvalue weighted by molar-refractivity contribution is 7.92. The minimum Gasteiger partial charge on any atom is -0.497 e. The fourth-order valence-corrected chi connectivity index (χ4v) is 6.58. The molecule has 0 saturated carbocycles. The van der Waals surface area contributed by atoms with Crippen molar-refractivity contribution in [1.29, 1.82) is 0 Å². The van der Waals surface area contributed by atoms with Crippen LogP contribution in [0.1, 0.15) is 37.5 Å². The molecule has 0 heterocycles. The molecule has 0 spiro atoms. The number of halogens is 1. The van der Waals surface area contributed by atoms with E-state index in [1.807, 2.05) is 64.1 Å². The Balaban J connectivity index is 1.82. The van der Waals surface area contributed by atoms with Gasteiger partial charge < -0.3 is 15.0 Å². The number of nitrogens with one attached hydrogen (secondary N) is 1. The van der Waals surface area contributed by atoms with Crippen LogP contribution in [-0.4, -0.2) is 50.4 Å². The first-order valence-electron chi connectivity index (χ1n) is 14.9. The molecule has 2 amide bonds. The number of ether oxygens (including phenoxy) is 1. The Bertz CT molecular complexity index is 1740. The van der Waals surface area contributed by atoms with Gasteiger partial charge in [-0.25, -0.2) is 8.42 Å². The molecule has 0 saturated heterocycles. The standard InChI is InChI=1S/C36H40ClN3O5S/c1-26-14-20-32(21-15-26)46(43,44)40(30-16-18-31(45-5)19-17-30)25-34(41)39(24-28-12-9-13-29(37)22-28)33(35(42)38-36(2,3)4)23-27-10-7-6-8-11-27/h6-22,33H,23-25H2,1-5H3,(H,38,42)/t33-/m1/s1. The first-order chi connectivity index (χ1) is 21.8. The van der Waals surface area contributed by atoms with Crippen molar-refractivity contribution in [3.63, 3.8) is 0 Å². The number of sulfonamides is 1. The first-order valence-corrected chi connectivity index (χ1v) is 16.7. The number of benzene rings is 4. The Hall–Kier alpha value is -4.34. The molecule has 1 N–H and O–H groups in total. The Morgan fingerprint density at radius 3 is 2.09 bits per heavy atom. The van der Waals surface area contributed by atoms with E-state index in [4.69, 9.17) is 16.3 Å². The van der Waals surface area contributed by atoms with Gasteiger partial charge in [0.2, 0.25) is 11.8 Å². The maximum atomic E-state index is 14.6. The minimum absolute atomic E-state index is 0.0233. The molecule has 8 nitrogen and oxygen atoms in total. The van der Waals surface area contributed by atoms with E-state index < -0.39 is 34.1 Å². The van der Waals surface area contributed by atoms with Crippen molar-refractivity contribution in [3.8, 4) is 5.75 Å². The SMILES string of the molecule is COc1ccc(N(CC(=O)N(Cc2cccc(Cl)c2)[C@H](Cc2ccccc2)C(=O)NC(C)(C)C)S(=O)(=O)c2ccc(C)cc2)cc1. The van der Waals surface area contributed by atoms with Gasteiger partial charge in [0, 0.05) is 23.5 Å². The van der Waals surface area contributed by atoms with Crippen LogP contribution in [0.3, 0.4) is 0 Å². The third kappa shape index (κ3) is 9.11. The number of hydrogen-bond acceptors (Lipinski definition) is 5. The van der Waals surface area contributed by atoms with Crippen molar-refractivity contribution in [2.75, 3.05) is 18.0 Å². The lowest BCUT2D eigenvalue weighted by Crippen LogP contribution is -2.56. The molecule has 0 aromatic heterocycles. The molecule has 4 aromatic carbocycles. The molecule has 46 heavy (non-hydrogen) atoms. The molecule has 0 aliphatic carbocycles. The predicted molar refractivity (Wildman–Crippen MR) is 183 cm³/mol. The maximum absolute atomic E-state index is 14.6. The Kier molecular flexibility index (Phi) is 11.1. The number of amides is 2. The average molecular weight is 662 g/mol. The molecule has 0 fully saturated rings. The van der Waals surface area contributed by atoms with Crippen LogP contribution in [-0.2, 0) is 32.6 Å². The summed E-state index contributed by atoms with van der Waals surface area (Å²) in [6, 6.07) is 28.4. The molecule has 0 radical (unpaired) electrons. The summed E-state index contributed by atoms with van der Waals surface area (Å²) in [5.74, 6) is -0.382. The van der Waals surface area contributed by atoms with E-state index in [2.05, 4.69) is 5.32 Å². The monoisotopic (exact) mass is 661 g/mol. The number of carbonyl (C=O) groups is 2. The average Bonchev–Trinajstić information content (AvgIpc) is 3.01. The van der Waals surface area contributed by atoms with Crippen LogP contribution in [0.5, 0.6) is 5.75 Å². The van der Waals surface area contributed by atoms with E-state index in [9.17, 15) is 18.0 Å². The van der Waals surface area contributed by atoms with Crippen LogP contribution in [0, 0.1) is 6.92 Å². The Morgan fingerprint density at radius 2 is 1.50 bits per heavy atom. The summed E-state index contributed by atoms with van der Waals surface area (Å²) in [6.45, 7) is 6.94. The molecule has 242 valence electrons. The summed E-state index contributed by atoms with van der Waals surface area (Å²) in [6.07, 6.45) is 0.211. The van der Waals surface area contributed by atoms with Crippen LogP contribution in [0.4, 0.5) is 5.69 Å². The first kappa shape index (κ1) is 34.5. The number of nitrogens with zero attached hydrogens (tertiary/aromatic N) is 2. The fourth-order valence-electron chi connectivity index (χ4n) is 4.95. The lowest BCUT2D eigenvalue weighted by atomic mass is 10.0. The van der Waals surface area contributed by atoms with E-state index in [1.54, 1.807) is 54.6 Å². The molecular formula is C36H40ClN3O5S. The van der Waals surface area contributed by atoms with Crippen molar-refractivity contribution >= 4 is 39.1 Å². The van der Waals surface area contributed by atoms with Gasteiger partial charge in [-0.15, -0.1) is 0 Å². The van der Waals surface area contributed by atoms with Crippen LogP contribution in [0.15, 0.2) is 108 Å². The van der Waals surface area contributed by atoms with Gasteiger partial charge in [0.25, 0.3) is 10.0 Å². The molecule has 0 unspecified atom stereocenters. The van der Waals surface area contributed by atoms with E-state index >= 15 is 0 Å². The summed E-state index contributed by atoms with van der Waals surface area (Å²) in [5, 5.41) is 3.50. The fraction of sp³-hybridized carbons (Fsp3) is 0.278. The topological polar surface area (TPSA) is 96.0 Å². The van der Waals surface area contributed by atoms with E-state index in [0.29, 0.717) is 16.3 Å². The molecule has 0 aliphatic heterocycles. The summed E-state index contributed by atoms with van der Waals surface area (Å²) in [5.41, 5.74) is 2.13. The zero-order valence-corrected chi connectivity index (χ0v) is 28.3. The van der Waals surface area contributed by atoms with Gasteiger partial charge in [-0.05, 0) is 87.4 Å². The second-order valence-electron chi connectivity index (χ2n) is 12.1. The summed E-state index contributed by atoms with van der Waals surface area (Å²) in [4.78, 5) is 30.0. The van der Waals surface area contributed by atoms with Gasteiger partial charge in [0.05, 0.1) is 17.7 Å². The minimum atomic E-state index is -4.21. The van der Waals surface area contributed by atoms with Crippen LogP contribution >= 0.6 is 11.6 Å². The lowest BCUT2D eigenvalue weighted by Gasteiger charge is -2.35. The highest BCUT2D eigenvalue weighted by Gasteiger charge is 2.35. The summed E-state index contributed by atoms with van der Waals surface area (Å²) < 4.78 is 34.7. The van der Waals surface area contributed by atoms with Crippen molar-refractivity contribution in [2.45, 2.75) is 57.1 Å². The predicted octanol–water partition coefficient (Wildman–Crippen LogP) is 6.41. The van der Waals surface area contributed by atoms with Crippen molar-refractivity contribution in [3.05, 3.63) is 125 Å². The molecule has 0 aliphatic rings. The number of anilines is 1. The molecule has 4 rings (SSSR count). The summed E-state index contributed by atoms with van der Waals surface area (Å²) >= 11 is 6.31. The zero-order valence-electron chi connectivity index (χ0n) is 26.7. The van der Waals surface area contributed by atoms with Crippen LogP contribution in [0.25, 0.3) is 0 Å². The number of carbonyl (C=O) groups excluding carboxylic acids is 2. The van der Waals surface area contributed by atoms with Gasteiger partial charge in [-0.3, -0.25) is 13.9 Å². The largest absolute Gasteiger partial charge is 0.497 e.